The minimum absolute atomic E-state index is 0.0692. The molecule has 6 heteroatoms. The molecule has 1 amide bonds. The van der Waals surface area contributed by atoms with Gasteiger partial charge in [0.25, 0.3) is 0 Å². The number of amides is 1. The number of sulfone groups is 1. The highest BCUT2D eigenvalue weighted by molar-refractivity contribution is 7.92. The number of hydrogen-bond acceptors (Lipinski definition) is 4. The van der Waals surface area contributed by atoms with Crippen molar-refractivity contribution in [3.8, 4) is 0 Å². The molecule has 106 valence electrons. The smallest absolute Gasteiger partial charge is 0.238 e. The molecule has 5 nitrogen and oxygen atoms in total. The fraction of sp³-hybridized carbons (Fsp3) is 0.462. The highest BCUT2D eigenvalue weighted by atomic mass is 32.2. The Labute approximate surface area is 114 Å². The van der Waals surface area contributed by atoms with Gasteiger partial charge in [0.05, 0.1) is 4.90 Å². The van der Waals surface area contributed by atoms with Crippen LogP contribution in [0.4, 0.5) is 5.69 Å². The number of nitrogen functional groups attached to an aromatic ring is 1. The lowest BCUT2D eigenvalue weighted by Gasteiger charge is -2.14. The van der Waals surface area contributed by atoms with Crippen molar-refractivity contribution in [3.63, 3.8) is 0 Å². The van der Waals surface area contributed by atoms with Gasteiger partial charge in [0.2, 0.25) is 5.91 Å². The Morgan fingerprint density at radius 3 is 2.47 bits per heavy atom. The summed E-state index contributed by atoms with van der Waals surface area (Å²) in [6.45, 7) is 5.72. The normalized spacial score (nSPS) is 13.3. The molecule has 0 saturated carbocycles. The summed E-state index contributed by atoms with van der Waals surface area (Å²) in [5.74, 6) is -0.220. The molecule has 1 aromatic rings. The molecular formula is C13H20N2O3S. The van der Waals surface area contributed by atoms with Crippen LogP contribution in [0.15, 0.2) is 29.2 Å². The first-order valence-electron chi connectivity index (χ1n) is 6.12. The van der Waals surface area contributed by atoms with Crippen LogP contribution in [-0.2, 0) is 14.6 Å². The van der Waals surface area contributed by atoms with Gasteiger partial charge < -0.3 is 11.1 Å². The van der Waals surface area contributed by atoms with E-state index in [1.54, 1.807) is 12.1 Å². The highest BCUT2D eigenvalue weighted by Gasteiger charge is 2.29. The van der Waals surface area contributed by atoms with Crippen molar-refractivity contribution in [3.05, 3.63) is 24.3 Å². The van der Waals surface area contributed by atoms with Crippen LogP contribution in [0.1, 0.15) is 20.8 Å². The van der Waals surface area contributed by atoms with Crippen LogP contribution in [0.3, 0.4) is 0 Å². The zero-order valence-corrected chi connectivity index (χ0v) is 12.2. The number of anilines is 1. The number of benzene rings is 1. The highest BCUT2D eigenvalue weighted by Crippen LogP contribution is 2.18. The Bertz CT molecular complexity index is 553. The maximum Gasteiger partial charge on any atom is 0.238 e. The fourth-order valence-corrected chi connectivity index (χ4v) is 2.83. The summed E-state index contributed by atoms with van der Waals surface area (Å²) in [6, 6.07) is 5.96. The average molecular weight is 284 g/mol. The number of carbonyl (C=O) groups excluding carboxylic acids is 1. The lowest BCUT2D eigenvalue weighted by Crippen LogP contribution is -2.39. The first-order valence-corrected chi connectivity index (χ1v) is 7.67. The molecule has 0 aliphatic heterocycles. The van der Waals surface area contributed by atoms with Gasteiger partial charge in [0.15, 0.2) is 9.84 Å². The van der Waals surface area contributed by atoms with E-state index in [4.69, 9.17) is 5.73 Å². The Kier molecular flexibility index (Phi) is 4.94. The monoisotopic (exact) mass is 284 g/mol. The summed E-state index contributed by atoms with van der Waals surface area (Å²) in [4.78, 5) is 11.9. The molecule has 0 heterocycles. The quantitative estimate of drug-likeness (QED) is 0.795. The number of carbonyl (C=O) groups is 1. The SMILES string of the molecule is CC(C)CNC(=O)C(C)S(=O)(=O)c1cccc(N)c1. The molecule has 1 unspecified atom stereocenters. The summed E-state index contributed by atoms with van der Waals surface area (Å²) in [6.07, 6.45) is 0. The standard InChI is InChI=1S/C13H20N2O3S/c1-9(2)8-15-13(16)10(3)19(17,18)12-6-4-5-11(14)7-12/h4-7,9-10H,8,14H2,1-3H3,(H,15,16). The van der Waals surface area contributed by atoms with Crippen molar-refractivity contribution >= 4 is 21.4 Å². The zero-order chi connectivity index (χ0) is 14.6. The molecule has 1 aromatic carbocycles. The molecule has 0 bridgehead atoms. The van der Waals surface area contributed by atoms with Crippen LogP contribution >= 0.6 is 0 Å². The molecule has 1 rings (SSSR count). The Hall–Kier alpha value is -1.56. The molecule has 0 aliphatic rings. The topological polar surface area (TPSA) is 89.3 Å². The average Bonchev–Trinajstić information content (AvgIpc) is 2.34. The van der Waals surface area contributed by atoms with E-state index in [2.05, 4.69) is 5.32 Å². The molecule has 0 aromatic heterocycles. The molecule has 1 atom stereocenters. The third-order valence-electron chi connectivity index (χ3n) is 2.71. The fourth-order valence-electron chi connectivity index (χ4n) is 1.49. The Balaban J connectivity index is 2.91. The van der Waals surface area contributed by atoms with E-state index >= 15 is 0 Å². The van der Waals surface area contributed by atoms with Gasteiger partial charge in [-0.2, -0.15) is 0 Å². The summed E-state index contributed by atoms with van der Waals surface area (Å²) in [5.41, 5.74) is 5.92. The van der Waals surface area contributed by atoms with Crippen LogP contribution in [0, 0.1) is 5.92 Å². The molecule has 3 N–H and O–H groups in total. The van der Waals surface area contributed by atoms with Crippen molar-refractivity contribution in [1.29, 1.82) is 0 Å². The van der Waals surface area contributed by atoms with Gasteiger partial charge in [0.1, 0.15) is 5.25 Å². The maximum absolute atomic E-state index is 12.3. The van der Waals surface area contributed by atoms with Gasteiger partial charge in [-0.05, 0) is 31.0 Å². The molecule has 0 aliphatic carbocycles. The number of rotatable bonds is 5. The van der Waals surface area contributed by atoms with Gasteiger partial charge in [-0.25, -0.2) is 8.42 Å². The van der Waals surface area contributed by atoms with E-state index in [0.29, 0.717) is 12.2 Å². The van der Waals surface area contributed by atoms with Crippen LogP contribution < -0.4 is 11.1 Å². The minimum Gasteiger partial charge on any atom is -0.399 e. The van der Waals surface area contributed by atoms with Crippen molar-refractivity contribution in [2.75, 3.05) is 12.3 Å². The summed E-state index contributed by atoms with van der Waals surface area (Å²) in [5, 5.41) is 1.49. The number of hydrogen-bond donors (Lipinski definition) is 2. The summed E-state index contributed by atoms with van der Waals surface area (Å²) in [7, 11) is -3.70. The predicted octanol–water partition coefficient (Wildman–Crippen LogP) is 1.20. The third-order valence-corrected chi connectivity index (χ3v) is 4.76. The van der Waals surface area contributed by atoms with Crippen molar-refractivity contribution < 1.29 is 13.2 Å². The molecule has 0 saturated heterocycles. The van der Waals surface area contributed by atoms with E-state index in [0.717, 1.165) is 0 Å². The van der Waals surface area contributed by atoms with E-state index in [9.17, 15) is 13.2 Å². The maximum atomic E-state index is 12.3. The Morgan fingerprint density at radius 1 is 1.32 bits per heavy atom. The van der Waals surface area contributed by atoms with Gasteiger partial charge in [-0.3, -0.25) is 4.79 Å². The van der Waals surface area contributed by atoms with Gasteiger partial charge in [-0.1, -0.05) is 19.9 Å². The number of nitrogens with two attached hydrogens (primary N) is 1. The lowest BCUT2D eigenvalue weighted by molar-refractivity contribution is -0.120. The van der Waals surface area contributed by atoms with Gasteiger partial charge in [-0.15, -0.1) is 0 Å². The van der Waals surface area contributed by atoms with E-state index in [1.165, 1.54) is 19.1 Å². The van der Waals surface area contributed by atoms with E-state index < -0.39 is 21.0 Å². The minimum atomic E-state index is -3.70. The van der Waals surface area contributed by atoms with Gasteiger partial charge >= 0.3 is 0 Å². The Morgan fingerprint density at radius 2 is 1.95 bits per heavy atom. The predicted molar refractivity (Wildman–Crippen MR) is 75.3 cm³/mol. The van der Waals surface area contributed by atoms with Gasteiger partial charge in [0, 0.05) is 12.2 Å². The summed E-state index contributed by atoms with van der Waals surface area (Å²) < 4.78 is 24.5. The van der Waals surface area contributed by atoms with Crippen molar-refractivity contribution in [2.45, 2.75) is 30.9 Å². The van der Waals surface area contributed by atoms with Crippen LogP contribution in [-0.4, -0.2) is 26.1 Å². The van der Waals surface area contributed by atoms with Crippen LogP contribution in [0.2, 0.25) is 0 Å². The van der Waals surface area contributed by atoms with Crippen molar-refractivity contribution in [2.24, 2.45) is 5.92 Å². The second kappa shape index (κ2) is 6.06. The molecule has 0 spiro atoms. The second-order valence-corrected chi connectivity index (χ2v) is 7.17. The van der Waals surface area contributed by atoms with Crippen molar-refractivity contribution in [1.82, 2.24) is 5.32 Å². The van der Waals surface area contributed by atoms with Crippen LogP contribution in [0.25, 0.3) is 0 Å². The lowest BCUT2D eigenvalue weighted by atomic mass is 10.2. The molecule has 0 fully saturated rings. The largest absolute Gasteiger partial charge is 0.399 e. The first kappa shape index (κ1) is 15.5. The van der Waals surface area contributed by atoms with Crippen LogP contribution in [0.5, 0.6) is 0 Å². The second-order valence-electron chi connectivity index (χ2n) is 4.90. The zero-order valence-electron chi connectivity index (χ0n) is 11.4. The number of nitrogens with one attached hydrogen (secondary N) is 1. The molecular weight excluding hydrogens is 264 g/mol. The summed E-state index contributed by atoms with van der Waals surface area (Å²) >= 11 is 0. The van der Waals surface area contributed by atoms with E-state index in [1.807, 2.05) is 13.8 Å². The molecule has 0 radical (unpaired) electrons. The first-order chi connectivity index (χ1) is 8.75. The third kappa shape index (κ3) is 3.96. The molecule has 19 heavy (non-hydrogen) atoms. The van der Waals surface area contributed by atoms with E-state index in [-0.39, 0.29) is 10.8 Å².